The van der Waals surface area contributed by atoms with E-state index in [0.717, 1.165) is 30.6 Å². The van der Waals surface area contributed by atoms with Crippen LogP contribution in [0.15, 0.2) is 84.9 Å². The van der Waals surface area contributed by atoms with Crippen molar-refractivity contribution in [1.82, 2.24) is 0 Å². The summed E-state index contributed by atoms with van der Waals surface area (Å²) in [7, 11) is -3.37. The van der Waals surface area contributed by atoms with Gasteiger partial charge in [-0.1, -0.05) is 60.7 Å². The van der Waals surface area contributed by atoms with Crippen molar-refractivity contribution < 1.29 is 8.42 Å². The minimum absolute atomic E-state index is 0.0660. The first-order valence-corrected chi connectivity index (χ1v) is 11.2. The van der Waals surface area contributed by atoms with Crippen LogP contribution in [-0.2, 0) is 22.9 Å². The van der Waals surface area contributed by atoms with E-state index in [4.69, 9.17) is 0 Å². The average molecular weight is 395 g/mol. The molecule has 0 unspecified atom stereocenters. The monoisotopic (exact) mass is 394 g/mol. The molecular weight excluding hydrogens is 368 g/mol. The Bertz CT molecular complexity index is 941. The van der Waals surface area contributed by atoms with Gasteiger partial charge in [-0.15, -0.1) is 0 Å². The molecule has 0 spiro atoms. The molecular formula is C23H26N2O2S. The maximum Gasteiger partial charge on any atom is 0.233 e. The van der Waals surface area contributed by atoms with Crippen molar-refractivity contribution >= 4 is 21.4 Å². The highest BCUT2D eigenvalue weighted by Gasteiger charge is 2.10. The van der Waals surface area contributed by atoms with E-state index >= 15 is 0 Å². The molecule has 28 heavy (non-hydrogen) atoms. The highest BCUT2D eigenvalue weighted by atomic mass is 32.2. The van der Waals surface area contributed by atoms with E-state index in [-0.39, 0.29) is 5.75 Å². The summed E-state index contributed by atoms with van der Waals surface area (Å²) in [6.07, 6.45) is 2.57. The lowest BCUT2D eigenvalue weighted by atomic mass is 10.1. The SMILES string of the molecule is O=S(=O)(CCc1ccccc1)Nc1ccc(NCCCc2ccccc2)cc1. The number of hydrogen-bond donors (Lipinski definition) is 2. The third-order valence-corrected chi connectivity index (χ3v) is 5.76. The van der Waals surface area contributed by atoms with E-state index < -0.39 is 10.0 Å². The summed E-state index contributed by atoms with van der Waals surface area (Å²) in [5.41, 5.74) is 3.93. The van der Waals surface area contributed by atoms with Gasteiger partial charge in [0.2, 0.25) is 10.0 Å². The molecule has 0 atom stereocenters. The Morgan fingerprint density at radius 1 is 0.643 bits per heavy atom. The van der Waals surface area contributed by atoms with Crippen molar-refractivity contribution in [3.05, 3.63) is 96.1 Å². The second kappa shape index (κ2) is 9.95. The van der Waals surface area contributed by atoms with Crippen LogP contribution in [0.5, 0.6) is 0 Å². The molecule has 0 aliphatic carbocycles. The van der Waals surface area contributed by atoms with Gasteiger partial charge in [-0.2, -0.15) is 0 Å². The quantitative estimate of drug-likeness (QED) is 0.489. The Morgan fingerprint density at radius 3 is 1.79 bits per heavy atom. The predicted molar refractivity (Wildman–Crippen MR) is 117 cm³/mol. The fourth-order valence-electron chi connectivity index (χ4n) is 2.95. The molecule has 3 rings (SSSR count). The van der Waals surface area contributed by atoms with Crippen LogP contribution in [0.3, 0.4) is 0 Å². The van der Waals surface area contributed by atoms with Crippen molar-refractivity contribution in [3.63, 3.8) is 0 Å². The van der Waals surface area contributed by atoms with Gasteiger partial charge in [0, 0.05) is 17.9 Å². The number of nitrogens with one attached hydrogen (secondary N) is 2. The first kappa shape index (κ1) is 20.0. The lowest BCUT2D eigenvalue weighted by Crippen LogP contribution is -2.18. The van der Waals surface area contributed by atoms with Crippen LogP contribution in [0, 0.1) is 0 Å². The molecule has 4 nitrogen and oxygen atoms in total. The fraction of sp³-hybridized carbons (Fsp3) is 0.217. The number of aryl methyl sites for hydroxylation is 2. The van der Waals surface area contributed by atoms with Crippen LogP contribution in [0.4, 0.5) is 11.4 Å². The molecule has 3 aromatic carbocycles. The summed E-state index contributed by atoms with van der Waals surface area (Å²) >= 11 is 0. The second-order valence-electron chi connectivity index (χ2n) is 6.75. The van der Waals surface area contributed by atoms with Crippen LogP contribution in [0.2, 0.25) is 0 Å². The van der Waals surface area contributed by atoms with Gasteiger partial charge in [-0.25, -0.2) is 8.42 Å². The zero-order valence-corrected chi connectivity index (χ0v) is 16.7. The summed E-state index contributed by atoms with van der Waals surface area (Å²) in [5.74, 6) is 0.0660. The molecule has 0 amide bonds. The van der Waals surface area contributed by atoms with Gasteiger partial charge in [-0.05, 0) is 54.7 Å². The third-order valence-electron chi connectivity index (χ3n) is 4.47. The van der Waals surface area contributed by atoms with Gasteiger partial charge < -0.3 is 5.32 Å². The Hall–Kier alpha value is -2.79. The topological polar surface area (TPSA) is 58.2 Å². The van der Waals surface area contributed by atoms with E-state index in [9.17, 15) is 8.42 Å². The molecule has 0 aromatic heterocycles. The number of rotatable bonds is 10. The van der Waals surface area contributed by atoms with Gasteiger partial charge in [0.1, 0.15) is 0 Å². The molecule has 3 aromatic rings. The second-order valence-corrected chi connectivity index (χ2v) is 8.59. The number of sulfonamides is 1. The first-order valence-electron chi connectivity index (χ1n) is 9.53. The molecule has 0 saturated heterocycles. The molecule has 0 aliphatic rings. The van der Waals surface area contributed by atoms with Crippen LogP contribution in [-0.4, -0.2) is 20.7 Å². The van der Waals surface area contributed by atoms with E-state index in [1.807, 2.05) is 48.5 Å². The van der Waals surface area contributed by atoms with Gasteiger partial charge >= 0.3 is 0 Å². The summed E-state index contributed by atoms with van der Waals surface area (Å²) < 4.78 is 27.2. The first-order chi connectivity index (χ1) is 13.6. The third kappa shape index (κ3) is 6.74. The van der Waals surface area contributed by atoms with E-state index in [0.29, 0.717) is 12.1 Å². The molecule has 0 aliphatic heterocycles. The molecule has 0 heterocycles. The summed E-state index contributed by atoms with van der Waals surface area (Å²) in [4.78, 5) is 0. The molecule has 2 N–H and O–H groups in total. The number of anilines is 2. The van der Waals surface area contributed by atoms with Crippen molar-refractivity contribution in [2.24, 2.45) is 0 Å². The molecule has 0 radical (unpaired) electrons. The van der Waals surface area contributed by atoms with Crippen LogP contribution >= 0.6 is 0 Å². The Kier molecular flexibility index (Phi) is 7.09. The van der Waals surface area contributed by atoms with E-state index in [2.05, 4.69) is 34.3 Å². The summed E-state index contributed by atoms with van der Waals surface area (Å²) in [6, 6.07) is 27.4. The number of hydrogen-bond acceptors (Lipinski definition) is 3. The molecule has 0 saturated carbocycles. The smallest absolute Gasteiger partial charge is 0.233 e. The minimum atomic E-state index is -3.37. The average Bonchev–Trinajstić information content (AvgIpc) is 2.72. The summed E-state index contributed by atoms with van der Waals surface area (Å²) in [6.45, 7) is 0.872. The molecule has 0 bridgehead atoms. The van der Waals surface area contributed by atoms with Gasteiger partial charge in [-0.3, -0.25) is 4.72 Å². The van der Waals surface area contributed by atoms with Crippen LogP contribution < -0.4 is 10.0 Å². The van der Waals surface area contributed by atoms with Gasteiger partial charge in [0.05, 0.1) is 5.75 Å². The Labute approximate surface area is 167 Å². The molecule has 5 heteroatoms. The van der Waals surface area contributed by atoms with Crippen molar-refractivity contribution in [3.8, 4) is 0 Å². The maximum atomic E-state index is 12.3. The standard InChI is InChI=1S/C23H26N2O2S/c26-28(27,19-17-21-10-5-2-6-11-21)25-23-15-13-22(14-16-23)24-18-7-12-20-8-3-1-4-9-20/h1-6,8-11,13-16,24-25H,7,12,17-19H2. The highest BCUT2D eigenvalue weighted by molar-refractivity contribution is 7.92. The van der Waals surface area contributed by atoms with E-state index in [1.54, 1.807) is 12.1 Å². The normalized spacial score (nSPS) is 11.1. The lowest BCUT2D eigenvalue weighted by molar-refractivity contribution is 0.600. The summed E-state index contributed by atoms with van der Waals surface area (Å²) in [5, 5.41) is 3.37. The predicted octanol–water partition coefficient (Wildman–Crippen LogP) is 4.72. The zero-order chi connectivity index (χ0) is 19.7. The Balaban J connectivity index is 1.43. The van der Waals surface area contributed by atoms with Crippen LogP contribution in [0.1, 0.15) is 17.5 Å². The Morgan fingerprint density at radius 2 is 1.18 bits per heavy atom. The highest BCUT2D eigenvalue weighted by Crippen LogP contribution is 2.16. The van der Waals surface area contributed by atoms with Crippen molar-refractivity contribution in [2.45, 2.75) is 19.3 Å². The van der Waals surface area contributed by atoms with E-state index in [1.165, 1.54) is 5.56 Å². The zero-order valence-electron chi connectivity index (χ0n) is 15.8. The number of benzene rings is 3. The molecule has 0 fully saturated rings. The largest absolute Gasteiger partial charge is 0.385 e. The van der Waals surface area contributed by atoms with Crippen molar-refractivity contribution in [2.75, 3.05) is 22.3 Å². The van der Waals surface area contributed by atoms with Gasteiger partial charge in [0.25, 0.3) is 0 Å². The lowest BCUT2D eigenvalue weighted by Gasteiger charge is -2.10. The fourth-order valence-corrected chi connectivity index (χ4v) is 4.06. The van der Waals surface area contributed by atoms with Gasteiger partial charge in [0.15, 0.2) is 0 Å². The molecule has 146 valence electrons. The van der Waals surface area contributed by atoms with Crippen molar-refractivity contribution in [1.29, 1.82) is 0 Å². The maximum absolute atomic E-state index is 12.3. The van der Waals surface area contributed by atoms with Crippen LogP contribution in [0.25, 0.3) is 0 Å². The minimum Gasteiger partial charge on any atom is -0.385 e.